The Balaban J connectivity index is 3.62. The predicted molar refractivity (Wildman–Crippen MR) is 152 cm³/mol. The average Bonchev–Trinajstić information content (AvgIpc) is 2.83. The van der Waals surface area contributed by atoms with E-state index in [4.69, 9.17) is 16.9 Å². The molecule has 0 fully saturated rings. The molecule has 0 aliphatic heterocycles. The van der Waals surface area contributed by atoms with Crippen LogP contribution in [0.2, 0.25) is 0 Å². The molecule has 4 amide bonds. The summed E-state index contributed by atoms with van der Waals surface area (Å²) in [6.45, 7) is 13.5. The van der Waals surface area contributed by atoms with Crippen LogP contribution < -0.4 is 16.4 Å². The van der Waals surface area contributed by atoms with Crippen LogP contribution in [0, 0.1) is 18.3 Å². The molecule has 0 spiro atoms. The Morgan fingerprint density at radius 3 is 2.18 bits per heavy atom. The summed E-state index contributed by atoms with van der Waals surface area (Å²) in [6, 6.07) is 4.10. The van der Waals surface area contributed by atoms with Crippen LogP contribution in [0.25, 0.3) is 0 Å². The van der Waals surface area contributed by atoms with E-state index in [-0.39, 0.29) is 5.91 Å². The second-order valence-electron chi connectivity index (χ2n) is 11.2. The van der Waals surface area contributed by atoms with Crippen molar-refractivity contribution in [1.82, 2.24) is 15.5 Å². The van der Waals surface area contributed by atoms with Crippen LogP contribution in [0.4, 0.5) is 4.79 Å². The third-order valence-corrected chi connectivity index (χ3v) is 6.03. The van der Waals surface area contributed by atoms with Gasteiger partial charge in [-0.15, -0.1) is 6.42 Å². The number of rotatable bonds is 14. The van der Waals surface area contributed by atoms with E-state index in [0.29, 0.717) is 30.0 Å². The van der Waals surface area contributed by atoms with Gasteiger partial charge in [0.05, 0.1) is 6.42 Å². The molecule has 9 nitrogen and oxygen atoms in total. The fourth-order valence-electron chi connectivity index (χ4n) is 4.03. The summed E-state index contributed by atoms with van der Waals surface area (Å²) in [6.07, 6.45) is 7.27. The maximum Gasteiger partial charge on any atom is 0.408 e. The Morgan fingerprint density at radius 1 is 1.08 bits per heavy atom. The van der Waals surface area contributed by atoms with E-state index >= 15 is 0 Å². The molecule has 0 aromatic heterocycles. The fourth-order valence-corrected chi connectivity index (χ4v) is 4.03. The van der Waals surface area contributed by atoms with Gasteiger partial charge >= 0.3 is 6.09 Å². The van der Waals surface area contributed by atoms with E-state index in [2.05, 4.69) is 30.4 Å². The molecule has 1 aromatic rings. The highest BCUT2D eigenvalue weighted by Gasteiger charge is 2.39. The highest BCUT2D eigenvalue weighted by atomic mass is 16.6. The summed E-state index contributed by atoms with van der Waals surface area (Å²) in [5, 5.41) is 5.45. The Bertz CT molecular complexity index is 1010. The smallest absolute Gasteiger partial charge is 0.408 e. The molecule has 0 saturated carbocycles. The van der Waals surface area contributed by atoms with Crippen molar-refractivity contribution in [2.75, 3.05) is 6.54 Å². The number of nitrogens with two attached hydrogens (primary N) is 1. The zero-order chi connectivity index (χ0) is 29.8. The maximum atomic E-state index is 14.2. The first-order chi connectivity index (χ1) is 18.2. The monoisotopic (exact) mass is 542 g/mol. The minimum Gasteiger partial charge on any atom is -0.444 e. The number of terminal acetylenes is 1. The summed E-state index contributed by atoms with van der Waals surface area (Å²) in [5.41, 5.74) is 5.84. The largest absolute Gasteiger partial charge is 0.444 e. The third kappa shape index (κ3) is 11.8. The van der Waals surface area contributed by atoms with Gasteiger partial charge in [0.2, 0.25) is 17.7 Å². The number of hydrogen-bond acceptors (Lipinski definition) is 5. The Labute approximate surface area is 233 Å². The molecule has 0 bridgehead atoms. The van der Waals surface area contributed by atoms with Gasteiger partial charge in [0, 0.05) is 18.2 Å². The molecular weight excluding hydrogens is 496 g/mol. The Morgan fingerprint density at radius 2 is 1.69 bits per heavy atom. The number of unbranched alkanes of at least 4 members (excludes halogenated alkanes) is 1. The Hall–Kier alpha value is -3.54. The number of nitrogens with one attached hydrogen (secondary N) is 2. The van der Waals surface area contributed by atoms with Crippen molar-refractivity contribution < 1.29 is 23.9 Å². The molecule has 216 valence electrons. The zero-order valence-corrected chi connectivity index (χ0v) is 24.5. The molecule has 4 N–H and O–H groups in total. The van der Waals surface area contributed by atoms with Crippen LogP contribution in [0.15, 0.2) is 24.3 Å². The van der Waals surface area contributed by atoms with Gasteiger partial charge in [0.1, 0.15) is 17.7 Å². The molecule has 39 heavy (non-hydrogen) atoms. The van der Waals surface area contributed by atoms with Gasteiger partial charge in [-0.25, -0.2) is 4.79 Å². The van der Waals surface area contributed by atoms with Gasteiger partial charge in [-0.05, 0) is 70.6 Å². The van der Waals surface area contributed by atoms with Crippen LogP contribution in [0.3, 0.4) is 0 Å². The standard InChI is InChI=1S/C30H46N4O5/c1-9-11-18-32-27(36)26(23-16-14-22(10-2)15-17-23)34(21(5)13-12-20(3)4)28(37)24(19-25(31)35)33-29(38)39-30(6,7)8/h2,14-17,20-21,24,26H,9,11-13,18-19H2,1,3-8H3,(H2,31,35)(H,32,36)(H,33,38). The average molecular weight is 543 g/mol. The van der Waals surface area contributed by atoms with Crippen LogP contribution in [0.5, 0.6) is 0 Å². The van der Waals surface area contributed by atoms with E-state index in [9.17, 15) is 19.2 Å². The minimum atomic E-state index is -1.32. The first-order valence-corrected chi connectivity index (χ1v) is 13.6. The number of nitrogens with zero attached hydrogens (tertiary/aromatic N) is 1. The molecule has 0 heterocycles. The van der Waals surface area contributed by atoms with Crippen LogP contribution in [-0.4, -0.2) is 52.9 Å². The molecule has 0 aliphatic rings. The summed E-state index contributed by atoms with van der Waals surface area (Å²) in [4.78, 5) is 53.9. The highest BCUT2D eigenvalue weighted by molar-refractivity contribution is 5.94. The SMILES string of the molecule is C#Cc1ccc(C(C(=O)NCCCC)N(C(=O)C(CC(N)=O)NC(=O)OC(C)(C)C)C(C)CCC(C)C)cc1. The molecule has 0 aliphatic carbocycles. The number of ether oxygens (including phenoxy) is 1. The maximum absolute atomic E-state index is 14.2. The lowest BCUT2D eigenvalue weighted by Crippen LogP contribution is -2.56. The van der Waals surface area contributed by atoms with Crippen molar-refractivity contribution in [2.45, 2.75) is 104 Å². The normalized spacial score (nSPS) is 13.5. The van der Waals surface area contributed by atoms with E-state index in [0.717, 1.165) is 19.3 Å². The summed E-state index contributed by atoms with van der Waals surface area (Å²) < 4.78 is 5.33. The lowest BCUT2D eigenvalue weighted by atomic mass is 9.96. The van der Waals surface area contributed by atoms with Crippen molar-refractivity contribution in [3.63, 3.8) is 0 Å². The van der Waals surface area contributed by atoms with E-state index < -0.39 is 48.1 Å². The van der Waals surface area contributed by atoms with Crippen molar-refractivity contribution in [3.8, 4) is 12.3 Å². The number of carbonyl (C=O) groups excluding carboxylic acids is 4. The van der Waals surface area contributed by atoms with Gasteiger partial charge in [-0.1, -0.05) is 45.2 Å². The lowest BCUT2D eigenvalue weighted by molar-refractivity contribution is -0.146. The molecule has 0 radical (unpaired) electrons. The fraction of sp³-hybridized carbons (Fsp3) is 0.600. The molecule has 9 heteroatoms. The number of hydrogen-bond donors (Lipinski definition) is 3. The summed E-state index contributed by atoms with van der Waals surface area (Å²) in [7, 11) is 0. The number of benzene rings is 1. The number of primary amides is 1. The topological polar surface area (TPSA) is 131 Å². The van der Waals surface area contributed by atoms with Crippen LogP contribution in [0.1, 0.15) is 97.7 Å². The molecule has 1 rings (SSSR count). The number of alkyl carbamates (subject to hydrolysis) is 1. The third-order valence-electron chi connectivity index (χ3n) is 6.03. The second kappa shape index (κ2) is 15.8. The quantitative estimate of drug-likeness (QED) is 0.241. The number of amides is 4. The van der Waals surface area contributed by atoms with E-state index in [1.807, 2.05) is 13.8 Å². The number of carbonyl (C=O) groups is 4. The van der Waals surface area contributed by atoms with Crippen LogP contribution in [-0.2, 0) is 19.1 Å². The first kappa shape index (κ1) is 33.5. The molecule has 3 atom stereocenters. The minimum absolute atomic E-state index is 0.359. The predicted octanol–water partition coefficient (Wildman–Crippen LogP) is 4.05. The van der Waals surface area contributed by atoms with Gasteiger partial charge in [-0.3, -0.25) is 14.4 Å². The van der Waals surface area contributed by atoms with Crippen molar-refractivity contribution in [3.05, 3.63) is 35.4 Å². The van der Waals surface area contributed by atoms with E-state index in [1.54, 1.807) is 45.0 Å². The molecule has 0 saturated heterocycles. The van der Waals surface area contributed by atoms with Crippen molar-refractivity contribution in [2.24, 2.45) is 11.7 Å². The van der Waals surface area contributed by atoms with Gasteiger partial charge in [-0.2, -0.15) is 0 Å². The molecular formula is C30H46N4O5. The van der Waals surface area contributed by atoms with Crippen molar-refractivity contribution in [1.29, 1.82) is 0 Å². The summed E-state index contributed by atoms with van der Waals surface area (Å²) >= 11 is 0. The second-order valence-corrected chi connectivity index (χ2v) is 11.2. The Kier molecular flexibility index (Phi) is 13.5. The van der Waals surface area contributed by atoms with Crippen LogP contribution >= 0.6 is 0 Å². The highest BCUT2D eigenvalue weighted by Crippen LogP contribution is 2.28. The van der Waals surface area contributed by atoms with Gasteiger partial charge in [0.25, 0.3) is 0 Å². The van der Waals surface area contributed by atoms with E-state index in [1.165, 1.54) is 4.90 Å². The molecule has 3 unspecified atom stereocenters. The summed E-state index contributed by atoms with van der Waals surface area (Å²) in [5.74, 6) is 1.17. The lowest BCUT2D eigenvalue weighted by Gasteiger charge is -2.38. The van der Waals surface area contributed by atoms with Crippen molar-refractivity contribution >= 4 is 23.8 Å². The zero-order valence-electron chi connectivity index (χ0n) is 24.5. The molecule has 1 aromatic carbocycles. The first-order valence-electron chi connectivity index (χ1n) is 13.6. The van der Waals surface area contributed by atoms with Gasteiger partial charge in [0.15, 0.2) is 0 Å². The van der Waals surface area contributed by atoms with Gasteiger partial charge < -0.3 is 26.0 Å².